The minimum absolute atomic E-state index is 0.256. The number of benzene rings is 1. The summed E-state index contributed by atoms with van der Waals surface area (Å²) in [6.07, 6.45) is 0. The molecule has 0 aliphatic carbocycles. The van der Waals surface area contributed by atoms with Crippen molar-refractivity contribution in [3.63, 3.8) is 0 Å². The summed E-state index contributed by atoms with van der Waals surface area (Å²) in [5.41, 5.74) is 0.903. The van der Waals surface area contributed by atoms with E-state index in [-0.39, 0.29) is 5.75 Å². The van der Waals surface area contributed by atoms with Gasteiger partial charge in [0.05, 0.1) is 4.47 Å². The lowest BCUT2D eigenvalue weighted by Gasteiger charge is -2.00. The van der Waals surface area contributed by atoms with E-state index in [9.17, 15) is 0 Å². The molecule has 0 saturated carbocycles. The predicted molar refractivity (Wildman–Crippen MR) is 45.4 cm³/mol. The van der Waals surface area contributed by atoms with Gasteiger partial charge >= 0.3 is 0 Å². The topological polar surface area (TPSA) is 32.3 Å². The van der Waals surface area contributed by atoms with Crippen LogP contribution in [0.4, 0.5) is 5.69 Å². The molecule has 3 heteroatoms. The summed E-state index contributed by atoms with van der Waals surface area (Å²) < 4.78 is 0.714. The molecule has 0 bridgehead atoms. The van der Waals surface area contributed by atoms with E-state index in [1.54, 1.807) is 12.1 Å². The van der Waals surface area contributed by atoms with E-state index in [1.807, 2.05) is 13.1 Å². The lowest BCUT2D eigenvalue weighted by Crippen LogP contribution is -1.86. The maximum Gasteiger partial charge on any atom is 0.131 e. The Morgan fingerprint density at radius 3 is 2.70 bits per heavy atom. The Morgan fingerprint density at radius 1 is 1.50 bits per heavy atom. The number of hydrogen-bond donors (Lipinski definition) is 2. The smallest absolute Gasteiger partial charge is 0.131 e. The van der Waals surface area contributed by atoms with Crippen molar-refractivity contribution in [1.82, 2.24) is 0 Å². The lowest BCUT2D eigenvalue weighted by atomic mass is 10.3. The summed E-state index contributed by atoms with van der Waals surface area (Å²) in [7, 11) is 1.81. The van der Waals surface area contributed by atoms with Gasteiger partial charge in [0, 0.05) is 18.8 Å². The number of halogens is 1. The minimum Gasteiger partial charge on any atom is -0.507 e. The van der Waals surface area contributed by atoms with E-state index in [1.165, 1.54) is 0 Å². The van der Waals surface area contributed by atoms with Crippen molar-refractivity contribution in [3.8, 4) is 5.75 Å². The Labute approximate surface area is 68.0 Å². The Hall–Kier alpha value is -0.700. The zero-order valence-corrected chi connectivity index (χ0v) is 7.14. The first-order valence-corrected chi connectivity index (χ1v) is 3.69. The Morgan fingerprint density at radius 2 is 2.20 bits per heavy atom. The third kappa shape index (κ3) is 1.42. The first-order valence-electron chi connectivity index (χ1n) is 2.90. The first-order chi connectivity index (χ1) is 4.74. The largest absolute Gasteiger partial charge is 0.507 e. The molecule has 0 spiro atoms. The number of phenolic OH excluding ortho intramolecular Hbond substituents is 1. The maximum atomic E-state index is 9.14. The van der Waals surface area contributed by atoms with E-state index < -0.39 is 0 Å². The second kappa shape index (κ2) is 2.92. The molecule has 10 heavy (non-hydrogen) atoms. The summed E-state index contributed by atoms with van der Waals surface area (Å²) in [6.45, 7) is 0. The van der Waals surface area contributed by atoms with Crippen LogP contribution in [-0.4, -0.2) is 12.2 Å². The summed E-state index contributed by atoms with van der Waals surface area (Å²) in [5, 5.41) is 12.1. The summed E-state index contributed by atoms with van der Waals surface area (Å²) >= 11 is 3.18. The molecule has 2 nitrogen and oxygen atoms in total. The number of aromatic hydroxyl groups is 1. The van der Waals surface area contributed by atoms with Gasteiger partial charge in [-0.2, -0.15) is 0 Å². The van der Waals surface area contributed by atoms with Crippen LogP contribution in [0.25, 0.3) is 0 Å². The molecule has 0 amide bonds. The van der Waals surface area contributed by atoms with Crippen molar-refractivity contribution in [1.29, 1.82) is 0 Å². The highest BCUT2D eigenvalue weighted by Crippen LogP contribution is 2.26. The van der Waals surface area contributed by atoms with Gasteiger partial charge in [-0.15, -0.1) is 0 Å². The van der Waals surface area contributed by atoms with Gasteiger partial charge < -0.3 is 10.4 Å². The van der Waals surface area contributed by atoms with Gasteiger partial charge in [-0.05, 0) is 28.1 Å². The highest BCUT2D eigenvalue weighted by Gasteiger charge is 1.95. The molecular formula is C7H8BrNO. The number of anilines is 1. The van der Waals surface area contributed by atoms with Crippen molar-refractivity contribution in [2.75, 3.05) is 12.4 Å². The Balaban J connectivity index is 3.04. The molecule has 1 aromatic rings. The van der Waals surface area contributed by atoms with Gasteiger partial charge in [0.25, 0.3) is 0 Å². The minimum atomic E-state index is 0.256. The van der Waals surface area contributed by atoms with Crippen LogP contribution in [0.5, 0.6) is 5.75 Å². The van der Waals surface area contributed by atoms with E-state index in [0.29, 0.717) is 4.47 Å². The second-order valence-corrected chi connectivity index (χ2v) is 2.77. The third-order valence-corrected chi connectivity index (χ3v) is 1.91. The van der Waals surface area contributed by atoms with E-state index in [4.69, 9.17) is 5.11 Å². The first kappa shape index (κ1) is 7.41. The molecular weight excluding hydrogens is 194 g/mol. The van der Waals surface area contributed by atoms with Crippen molar-refractivity contribution < 1.29 is 5.11 Å². The van der Waals surface area contributed by atoms with E-state index in [2.05, 4.69) is 21.2 Å². The van der Waals surface area contributed by atoms with E-state index in [0.717, 1.165) is 5.69 Å². The zero-order valence-electron chi connectivity index (χ0n) is 5.56. The normalized spacial score (nSPS) is 9.40. The van der Waals surface area contributed by atoms with Gasteiger partial charge in [0.2, 0.25) is 0 Å². The van der Waals surface area contributed by atoms with Crippen molar-refractivity contribution in [2.45, 2.75) is 0 Å². The molecule has 0 unspecified atom stereocenters. The van der Waals surface area contributed by atoms with Crippen LogP contribution in [-0.2, 0) is 0 Å². The SMILES string of the molecule is CNc1ccc(Br)c(O)c1. The number of rotatable bonds is 1. The molecule has 0 radical (unpaired) electrons. The molecule has 0 aliphatic heterocycles. The van der Waals surface area contributed by atoms with Gasteiger partial charge in [0.15, 0.2) is 0 Å². The quantitative estimate of drug-likeness (QED) is 0.731. The fourth-order valence-electron chi connectivity index (χ4n) is 0.668. The molecule has 0 saturated heterocycles. The third-order valence-electron chi connectivity index (χ3n) is 1.23. The van der Waals surface area contributed by atoms with Gasteiger partial charge in [-0.25, -0.2) is 0 Å². The van der Waals surface area contributed by atoms with Crippen LogP contribution in [0.1, 0.15) is 0 Å². The summed E-state index contributed by atoms with van der Waals surface area (Å²) in [6, 6.07) is 5.33. The molecule has 54 valence electrons. The highest BCUT2D eigenvalue weighted by atomic mass is 79.9. The number of nitrogens with one attached hydrogen (secondary N) is 1. The Bertz CT molecular complexity index is 237. The summed E-state index contributed by atoms with van der Waals surface area (Å²) in [4.78, 5) is 0. The van der Waals surface area contributed by atoms with Crippen LogP contribution in [0, 0.1) is 0 Å². The lowest BCUT2D eigenvalue weighted by molar-refractivity contribution is 0.472. The maximum absolute atomic E-state index is 9.14. The average Bonchev–Trinajstić information content (AvgIpc) is 1.95. The van der Waals surface area contributed by atoms with Gasteiger partial charge in [-0.1, -0.05) is 0 Å². The zero-order chi connectivity index (χ0) is 7.56. The number of hydrogen-bond acceptors (Lipinski definition) is 2. The van der Waals surface area contributed by atoms with Crippen LogP contribution >= 0.6 is 15.9 Å². The van der Waals surface area contributed by atoms with E-state index >= 15 is 0 Å². The van der Waals surface area contributed by atoms with Crippen LogP contribution < -0.4 is 5.32 Å². The monoisotopic (exact) mass is 201 g/mol. The highest BCUT2D eigenvalue weighted by molar-refractivity contribution is 9.10. The molecule has 0 atom stereocenters. The van der Waals surface area contributed by atoms with Crippen LogP contribution in [0.3, 0.4) is 0 Å². The predicted octanol–water partition coefficient (Wildman–Crippen LogP) is 2.20. The standard InChI is InChI=1S/C7H8BrNO/c1-9-5-2-3-6(8)7(10)4-5/h2-4,9-10H,1H3. The molecule has 2 N–H and O–H groups in total. The molecule has 1 aromatic carbocycles. The van der Waals surface area contributed by atoms with Crippen LogP contribution in [0.2, 0.25) is 0 Å². The average molecular weight is 202 g/mol. The number of phenols is 1. The fourth-order valence-corrected chi connectivity index (χ4v) is 0.915. The molecule has 0 heterocycles. The van der Waals surface area contributed by atoms with Gasteiger partial charge in [0.1, 0.15) is 5.75 Å². The summed E-state index contributed by atoms with van der Waals surface area (Å²) in [5.74, 6) is 0.256. The molecule has 1 rings (SSSR count). The fraction of sp³-hybridized carbons (Fsp3) is 0.143. The Kier molecular flexibility index (Phi) is 2.17. The molecule has 0 aromatic heterocycles. The van der Waals surface area contributed by atoms with Crippen LogP contribution in [0.15, 0.2) is 22.7 Å². The second-order valence-electron chi connectivity index (χ2n) is 1.92. The van der Waals surface area contributed by atoms with Crippen molar-refractivity contribution in [3.05, 3.63) is 22.7 Å². The van der Waals surface area contributed by atoms with Gasteiger partial charge in [-0.3, -0.25) is 0 Å². The van der Waals surface area contributed by atoms with Crippen molar-refractivity contribution >= 4 is 21.6 Å². The molecule has 0 aliphatic rings. The molecule has 0 fully saturated rings. The van der Waals surface area contributed by atoms with Crippen molar-refractivity contribution in [2.24, 2.45) is 0 Å².